The number of ether oxygens (including phenoxy) is 2. The predicted octanol–water partition coefficient (Wildman–Crippen LogP) is 2.00. The molecule has 0 amide bonds. The highest BCUT2D eigenvalue weighted by Gasteiger charge is 2.30. The van der Waals surface area contributed by atoms with E-state index in [0.717, 1.165) is 0 Å². The van der Waals surface area contributed by atoms with Crippen molar-refractivity contribution in [1.29, 1.82) is 0 Å². The third-order valence-corrected chi connectivity index (χ3v) is 6.75. The Morgan fingerprint density at radius 3 is 2.45 bits per heavy atom. The molecule has 0 radical (unpaired) electrons. The van der Waals surface area contributed by atoms with Crippen LogP contribution >= 0.6 is 0 Å². The maximum Gasteiger partial charge on any atom is 0.212 e. The predicted molar refractivity (Wildman–Crippen MR) is 109 cm³/mol. The molecule has 1 fully saturated rings. The summed E-state index contributed by atoms with van der Waals surface area (Å²) in [5.74, 6) is 1.21. The van der Waals surface area contributed by atoms with Crippen molar-refractivity contribution < 1.29 is 17.9 Å². The van der Waals surface area contributed by atoms with Crippen LogP contribution in [-0.2, 0) is 14.6 Å². The number of morpholine rings is 1. The van der Waals surface area contributed by atoms with E-state index in [1.165, 1.54) is 25.6 Å². The number of nitrogen functional groups attached to an aromatic ring is 1. The van der Waals surface area contributed by atoms with Crippen LogP contribution in [0.15, 0.2) is 40.4 Å². The fourth-order valence-corrected chi connectivity index (χ4v) is 5.20. The summed E-state index contributed by atoms with van der Waals surface area (Å²) >= 11 is 0. The highest BCUT2D eigenvalue weighted by atomic mass is 32.2. The van der Waals surface area contributed by atoms with Crippen molar-refractivity contribution in [1.82, 2.24) is 15.0 Å². The minimum Gasteiger partial charge on any atom is -0.497 e. The molecule has 29 heavy (non-hydrogen) atoms. The number of nitrogens with two attached hydrogens (primary N) is 1. The Morgan fingerprint density at radius 2 is 1.83 bits per heavy atom. The van der Waals surface area contributed by atoms with Crippen LogP contribution in [0.4, 0.5) is 11.6 Å². The molecule has 3 N–H and O–H groups in total. The Hall–Kier alpha value is -2.85. The summed E-state index contributed by atoms with van der Waals surface area (Å²) in [5.41, 5.74) is 6.89. The summed E-state index contributed by atoms with van der Waals surface area (Å²) in [4.78, 5) is 13.7. The summed E-state index contributed by atoms with van der Waals surface area (Å²) in [6, 6.07) is 6.16. The third-order valence-electron chi connectivity index (χ3n) is 4.90. The molecule has 1 saturated heterocycles. The van der Waals surface area contributed by atoms with Gasteiger partial charge >= 0.3 is 0 Å². The van der Waals surface area contributed by atoms with Gasteiger partial charge < -0.3 is 25.1 Å². The van der Waals surface area contributed by atoms with Crippen LogP contribution in [-0.4, -0.2) is 55.8 Å². The summed E-state index contributed by atoms with van der Waals surface area (Å²) in [6.45, 7) is 5.25. The molecule has 1 aromatic carbocycles. The number of nitrogens with one attached hydrogen (secondary N) is 1. The van der Waals surface area contributed by atoms with Gasteiger partial charge in [-0.25, -0.2) is 18.4 Å². The van der Waals surface area contributed by atoms with Gasteiger partial charge in [-0.15, -0.1) is 0 Å². The first-order valence-corrected chi connectivity index (χ1v) is 10.7. The summed E-state index contributed by atoms with van der Waals surface area (Å²) in [6.07, 6.45) is 1.42. The van der Waals surface area contributed by atoms with Crippen LogP contribution in [0.2, 0.25) is 0 Å². The summed E-state index contributed by atoms with van der Waals surface area (Å²) < 4.78 is 37.5. The number of H-pyrrole nitrogens is 1. The Morgan fingerprint density at radius 1 is 1.17 bits per heavy atom. The fraction of sp³-hybridized carbons (Fsp3) is 0.368. The van der Waals surface area contributed by atoms with Crippen molar-refractivity contribution >= 4 is 32.5 Å². The van der Waals surface area contributed by atoms with E-state index >= 15 is 0 Å². The number of hydrogen-bond acceptors (Lipinski definition) is 8. The molecular weight excluding hydrogens is 394 g/mol. The summed E-state index contributed by atoms with van der Waals surface area (Å²) in [7, 11) is -2.37. The second-order valence-corrected chi connectivity index (χ2v) is 9.02. The number of rotatable bonds is 4. The molecule has 3 aromatic rings. The molecule has 0 aliphatic carbocycles. The largest absolute Gasteiger partial charge is 0.497 e. The zero-order chi connectivity index (χ0) is 20.8. The smallest absolute Gasteiger partial charge is 0.212 e. The molecule has 0 bridgehead atoms. The molecule has 1 aliphatic heterocycles. The number of benzene rings is 1. The number of anilines is 2. The molecule has 9 nitrogen and oxygen atoms in total. The maximum atomic E-state index is 13.3. The lowest BCUT2D eigenvalue weighted by Gasteiger charge is -2.36. The number of methoxy groups -OCH3 is 1. The second-order valence-electron chi connectivity index (χ2n) is 7.13. The number of aromatic nitrogens is 3. The second kappa shape index (κ2) is 7.20. The van der Waals surface area contributed by atoms with E-state index < -0.39 is 9.84 Å². The number of sulfone groups is 1. The van der Waals surface area contributed by atoms with Gasteiger partial charge in [0.25, 0.3) is 0 Å². The lowest BCUT2D eigenvalue weighted by Crippen LogP contribution is -2.46. The molecule has 0 saturated carbocycles. The standard InChI is InChI=1S/C19H23N5O4S/c1-11-8-24(9-12(2)28-11)19-16-15(21-10-22-19)17(18(20)23-16)29(25,26)14-6-4-13(27-3)5-7-14/h4-7,10-12,23H,8-9,20H2,1-3H3/t11-,12+. The molecular formula is C19H23N5O4S. The van der Waals surface area contributed by atoms with Gasteiger partial charge in [0.15, 0.2) is 5.82 Å². The Balaban J connectivity index is 1.83. The van der Waals surface area contributed by atoms with Gasteiger partial charge in [-0.2, -0.15) is 0 Å². The van der Waals surface area contributed by atoms with E-state index in [4.69, 9.17) is 15.2 Å². The van der Waals surface area contributed by atoms with E-state index in [1.54, 1.807) is 12.1 Å². The molecule has 4 rings (SSSR count). The van der Waals surface area contributed by atoms with E-state index in [0.29, 0.717) is 30.2 Å². The molecule has 0 unspecified atom stereocenters. The zero-order valence-corrected chi connectivity index (χ0v) is 17.2. The van der Waals surface area contributed by atoms with E-state index in [2.05, 4.69) is 19.9 Å². The molecule has 2 aromatic heterocycles. The van der Waals surface area contributed by atoms with Crippen molar-refractivity contribution in [2.24, 2.45) is 0 Å². The van der Waals surface area contributed by atoms with Crippen molar-refractivity contribution in [3.8, 4) is 5.75 Å². The van der Waals surface area contributed by atoms with Gasteiger partial charge in [-0.3, -0.25) is 0 Å². The Bertz CT molecular complexity index is 1130. The lowest BCUT2D eigenvalue weighted by atomic mass is 10.2. The monoisotopic (exact) mass is 417 g/mol. The van der Waals surface area contributed by atoms with E-state index in [1.807, 2.05) is 13.8 Å². The van der Waals surface area contributed by atoms with Crippen LogP contribution in [0, 0.1) is 0 Å². The lowest BCUT2D eigenvalue weighted by molar-refractivity contribution is -0.00538. The van der Waals surface area contributed by atoms with Crippen LogP contribution in [0.1, 0.15) is 13.8 Å². The molecule has 3 heterocycles. The van der Waals surface area contributed by atoms with Crippen LogP contribution in [0.3, 0.4) is 0 Å². The SMILES string of the molecule is COc1ccc(S(=O)(=O)c2c(N)[nH]c3c(N4C[C@@H](C)O[C@@H](C)C4)ncnc23)cc1. The molecule has 1 aliphatic rings. The first-order chi connectivity index (χ1) is 13.8. The highest BCUT2D eigenvalue weighted by Crippen LogP contribution is 2.36. The number of fused-ring (bicyclic) bond motifs is 1. The molecule has 2 atom stereocenters. The maximum absolute atomic E-state index is 13.3. The van der Waals surface area contributed by atoms with Crippen LogP contribution < -0.4 is 15.4 Å². The van der Waals surface area contributed by atoms with E-state index in [-0.39, 0.29) is 33.3 Å². The van der Waals surface area contributed by atoms with Crippen molar-refractivity contribution in [2.45, 2.75) is 35.8 Å². The topological polar surface area (TPSA) is 123 Å². The van der Waals surface area contributed by atoms with Crippen molar-refractivity contribution in [3.63, 3.8) is 0 Å². The number of nitrogens with zero attached hydrogens (tertiary/aromatic N) is 3. The molecule has 0 spiro atoms. The Kier molecular flexibility index (Phi) is 4.83. The van der Waals surface area contributed by atoms with Crippen LogP contribution in [0.5, 0.6) is 5.75 Å². The molecule has 154 valence electrons. The normalized spacial score (nSPS) is 20.2. The quantitative estimate of drug-likeness (QED) is 0.661. The third kappa shape index (κ3) is 3.38. The summed E-state index contributed by atoms with van der Waals surface area (Å²) in [5, 5.41) is 0. The van der Waals surface area contributed by atoms with Gasteiger partial charge in [-0.1, -0.05) is 0 Å². The van der Waals surface area contributed by atoms with Crippen LogP contribution in [0.25, 0.3) is 11.0 Å². The number of hydrogen-bond donors (Lipinski definition) is 2. The zero-order valence-electron chi connectivity index (χ0n) is 16.4. The molecule has 10 heteroatoms. The van der Waals surface area contributed by atoms with Gasteiger partial charge in [-0.05, 0) is 38.1 Å². The average molecular weight is 417 g/mol. The first-order valence-electron chi connectivity index (χ1n) is 9.23. The van der Waals surface area contributed by atoms with Crippen molar-refractivity contribution in [3.05, 3.63) is 30.6 Å². The average Bonchev–Trinajstić information content (AvgIpc) is 3.03. The fourth-order valence-electron chi connectivity index (χ4n) is 3.72. The Labute approximate surface area is 168 Å². The van der Waals surface area contributed by atoms with Gasteiger partial charge in [0, 0.05) is 13.1 Å². The van der Waals surface area contributed by atoms with Gasteiger partial charge in [0.05, 0.1) is 24.2 Å². The minimum absolute atomic E-state index is 0.0265. The number of aromatic amines is 1. The van der Waals surface area contributed by atoms with Crippen molar-refractivity contribution in [2.75, 3.05) is 30.8 Å². The van der Waals surface area contributed by atoms with E-state index in [9.17, 15) is 8.42 Å². The highest BCUT2D eigenvalue weighted by molar-refractivity contribution is 7.92. The van der Waals surface area contributed by atoms with Gasteiger partial charge in [0.1, 0.15) is 33.8 Å². The minimum atomic E-state index is -3.89. The van der Waals surface area contributed by atoms with Gasteiger partial charge in [0.2, 0.25) is 9.84 Å². The first kappa shape index (κ1) is 19.5.